The van der Waals surface area contributed by atoms with Gasteiger partial charge in [0, 0.05) is 38.3 Å². The zero-order chi connectivity index (χ0) is 13.9. The summed E-state index contributed by atoms with van der Waals surface area (Å²) in [5, 5.41) is 4.30. The van der Waals surface area contributed by atoms with Crippen molar-refractivity contribution >= 4 is 15.9 Å². The third-order valence-electron chi connectivity index (χ3n) is 3.62. The van der Waals surface area contributed by atoms with Crippen molar-refractivity contribution in [3.63, 3.8) is 0 Å². The van der Waals surface area contributed by atoms with E-state index in [0.29, 0.717) is 5.92 Å². The number of ether oxygens (including phenoxy) is 1. The van der Waals surface area contributed by atoms with Crippen LogP contribution in [0.5, 0.6) is 5.75 Å². The molecule has 0 bridgehead atoms. The number of halogens is 1. The molecule has 0 N–H and O–H groups in total. The summed E-state index contributed by atoms with van der Waals surface area (Å²) >= 11 is 3.43. The molecule has 106 valence electrons. The Morgan fingerprint density at radius 3 is 2.95 bits per heavy atom. The number of rotatable bonds is 5. The molecule has 2 heterocycles. The molecule has 2 aromatic rings. The minimum Gasteiger partial charge on any atom is -0.497 e. The molecule has 1 aliphatic rings. The van der Waals surface area contributed by atoms with E-state index < -0.39 is 0 Å². The van der Waals surface area contributed by atoms with Crippen LogP contribution in [0.1, 0.15) is 5.56 Å². The van der Waals surface area contributed by atoms with E-state index in [1.165, 1.54) is 5.56 Å². The molecule has 0 spiro atoms. The fourth-order valence-corrected chi connectivity index (χ4v) is 2.98. The first-order valence-electron chi connectivity index (χ1n) is 6.76. The second-order valence-electron chi connectivity index (χ2n) is 5.29. The number of nitrogens with zero attached hydrogens (tertiary/aromatic N) is 3. The Kier molecular flexibility index (Phi) is 4.08. The van der Waals surface area contributed by atoms with Crippen molar-refractivity contribution in [2.45, 2.75) is 13.1 Å². The zero-order valence-corrected chi connectivity index (χ0v) is 13.1. The van der Waals surface area contributed by atoms with Crippen LogP contribution in [0.25, 0.3) is 0 Å². The SMILES string of the molecule is COc1cccc(CN2CC(Cn3cc(Br)cn3)C2)c1. The van der Waals surface area contributed by atoms with Gasteiger partial charge >= 0.3 is 0 Å². The lowest BCUT2D eigenvalue weighted by Gasteiger charge is -2.39. The molecule has 1 aromatic heterocycles. The monoisotopic (exact) mass is 335 g/mol. The van der Waals surface area contributed by atoms with E-state index in [4.69, 9.17) is 4.74 Å². The van der Waals surface area contributed by atoms with Crippen LogP contribution in [-0.4, -0.2) is 34.9 Å². The number of hydrogen-bond acceptors (Lipinski definition) is 3. The van der Waals surface area contributed by atoms with Gasteiger partial charge in [0.2, 0.25) is 0 Å². The maximum atomic E-state index is 5.26. The first kappa shape index (κ1) is 13.6. The summed E-state index contributed by atoms with van der Waals surface area (Å²) in [4.78, 5) is 2.46. The predicted octanol–water partition coefficient (Wildman–Crippen LogP) is 2.79. The highest BCUT2D eigenvalue weighted by Gasteiger charge is 2.27. The fourth-order valence-electron chi connectivity index (χ4n) is 2.65. The Morgan fingerprint density at radius 2 is 2.25 bits per heavy atom. The molecule has 0 saturated carbocycles. The van der Waals surface area contributed by atoms with Crippen LogP contribution in [0.2, 0.25) is 0 Å². The lowest BCUT2D eigenvalue weighted by atomic mass is 9.99. The average Bonchev–Trinajstić information content (AvgIpc) is 2.82. The highest BCUT2D eigenvalue weighted by molar-refractivity contribution is 9.10. The summed E-state index contributed by atoms with van der Waals surface area (Å²) in [5.41, 5.74) is 1.31. The van der Waals surface area contributed by atoms with Crippen molar-refractivity contribution < 1.29 is 4.74 Å². The van der Waals surface area contributed by atoms with Crippen LogP contribution in [0, 0.1) is 5.92 Å². The normalized spacial score (nSPS) is 16.1. The van der Waals surface area contributed by atoms with Crippen molar-refractivity contribution in [1.82, 2.24) is 14.7 Å². The molecular weight excluding hydrogens is 318 g/mol. The molecule has 1 aromatic carbocycles. The molecule has 4 nitrogen and oxygen atoms in total. The van der Waals surface area contributed by atoms with E-state index in [-0.39, 0.29) is 0 Å². The van der Waals surface area contributed by atoms with Gasteiger partial charge in [0.25, 0.3) is 0 Å². The predicted molar refractivity (Wildman–Crippen MR) is 81.7 cm³/mol. The second-order valence-corrected chi connectivity index (χ2v) is 6.21. The molecule has 0 radical (unpaired) electrons. The van der Waals surface area contributed by atoms with Crippen molar-refractivity contribution in [2.75, 3.05) is 20.2 Å². The molecule has 20 heavy (non-hydrogen) atoms. The molecule has 0 aliphatic carbocycles. The van der Waals surface area contributed by atoms with Gasteiger partial charge in [-0.05, 0) is 33.6 Å². The Morgan fingerprint density at radius 1 is 1.40 bits per heavy atom. The Bertz CT molecular complexity index is 578. The molecule has 0 atom stereocenters. The van der Waals surface area contributed by atoms with Gasteiger partial charge in [0.05, 0.1) is 17.8 Å². The van der Waals surface area contributed by atoms with Crippen LogP contribution >= 0.6 is 15.9 Å². The third-order valence-corrected chi connectivity index (χ3v) is 4.03. The van der Waals surface area contributed by atoms with Gasteiger partial charge in [-0.3, -0.25) is 9.58 Å². The molecule has 1 saturated heterocycles. The summed E-state index contributed by atoms with van der Waals surface area (Å²) in [5.74, 6) is 1.63. The molecule has 3 rings (SSSR count). The van der Waals surface area contributed by atoms with E-state index in [2.05, 4.69) is 38.1 Å². The van der Waals surface area contributed by atoms with Crippen LogP contribution < -0.4 is 4.74 Å². The van der Waals surface area contributed by atoms with E-state index >= 15 is 0 Å². The molecule has 1 aliphatic heterocycles. The number of hydrogen-bond donors (Lipinski definition) is 0. The summed E-state index contributed by atoms with van der Waals surface area (Å²) in [6.07, 6.45) is 3.87. The number of methoxy groups -OCH3 is 1. The minimum atomic E-state index is 0.701. The molecule has 5 heteroatoms. The summed E-state index contributed by atoms with van der Waals surface area (Å²) in [6.45, 7) is 4.26. The Hall–Kier alpha value is -1.33. The molecule has 0 unspecified atom stereocenters. The number of likely N-dealkylation sites (tertiary alicyclic amines) is 1. The molecule has 0 amide bonds. The van der Waals surface area contributed by atoms with Gasteiger partial charge in [-0.25, -0.2) is 0 Å². The van der Waals surface area contributed by atoms with Crippen molar-refractivity contribution in [1.29, 1.82) is 0 Å². The zero-order valence-electron chi connectivity index (χ0n) is 11.5. The largest absolute Gasteiger partial charge is 0.497 e. The molecule has 1 fully saturated rings. The highest BCUT2D eigenvalue weighted by atomic mass is 79.9. The highest BCUT2D eigenvalue weighted by Crippen LogP contribution is 2.22. The van der Waals surface area contributed by atoms with E-state index in [1.54, 1.807) is 7.11 Å². The second kappa shape index (κ2) is 5.97. The number of aromatic nitrogens is 2. The van der Waals surface area contributed by atoms with Gasteiger partial charge in [0.15, 0.2) is 0 Å². The van der Waals surface area contributed by atoms with Crippen molar-refractivity contribution in [2.24, 2.45) is 5.92 Å². The van der Waals surface area contributed by atoms with Crippen LogP contribution in [0.3, 0.4) is 0 Å². The lowest BCUT2D eigenvalue weighted by Crippen LogP contribution is -2.47. The minimum absolute atomic E-state index is 0.701. The quantitative estimate of drug-likeness (QED) is 0.841. The fraction of sp³-hybridized carbons (Fsp3) is 0.400. The standard InChI is InChI=1S/C15H18BrN3O/c1-20-15-4-2-3-12(5-15)7-18-8-13(9-18)10-19-11-14(16)6-17-19/h2-6,11,13H,7-10H2,1H3. The van der Waals surface area contributed by atoms with Crippen molar-refractivity contribution in [3.8, 4) is 5.75 Å². The van der Waals surface area contributed by atoms with Gasteiger partial charge in [0.1, 0.15) is 5.75 Å². The summed E-state index contributed by atoms with van der Waals surface area (Å²) < 4.78 is 8.31. The van der Waals surface area contributed by atoms with Gasteiger partial charge in [-0.2, -0.15) is 5.10 Å². The Labute approximate surface area is 127 Å². The topological polar surface area (TPSA) is 30.3 Å². The smallest absolute Gasteiger partial charge is 0.119 e. The van der Waals surface area contributed by atoms with Crippen LogP contribution in [0.4, 0.5) is 0 Å². The van der Waals surface area contributed by atoms with Crippen LogP contribution in [-0.2, 0) is 13.1 Å². The summed E-state index contributed by atoms with van der Waals surface area (Å²) in [6, 6.07) is 8.29. The van der Waals surface area contributed by atoms with E-state index in [0.717, 1.165) is 36.4 Å². The van der Waals surface area contributed by atoms with Gasteiger partial charge in [-0.1, -0.05) is 12.1 Å². The van der Waals surface area contributed by atoms with Crippen LogP contribution in [0.15, 0.2) is 41.1 Å². The first-order valence-corrected chi connectivity index (χ1v) is 7.55. The maximum absolute atomic E-state index is 5.26. The van der Waals surface area contributed by atoms with Gasteiger partial charge in [-0.15, -0.1) is 0 Å². The maximum Gasteiger partial charge on any atom is 0.119 e. The van der Waals surface area contributed by atoms with Crippen molar-refractivity contribution in [3.05, 3.63) is 46.7 Å². The van der Waals surface area contributed by atoms with E-state index in [1.807, 2.05) is 29.2 Å². The summed E-state index contributed by atoms with van der Waals surface area (Å²) in [7, 11) is 1.71. The van der Waals surface area contributed by atoms with Gasteiger partial charge < -0.3 is 4.74 Å². The Balaban J connectivity index is 1.48. The van der Waals surface area contributed by atoms with E-state index in [9.17, 15) is 0 Å². The number of benzene rings is 1. The third kappa shape index (κ3) is 3.22. The molecular formula is C15H18BrN3O. The lowest BCUT2D eigenvalue weighted by molar-refractivity contribution is 0.0777. The first-order chi connectivity index (χ1) is 9.72. The average molecular weight is 336 g/mol.